The molecule has 1 aromatic heterocycles. The number of hydrogen-bond donors (Lipinski definition) is 2. The summed E-state index contributed by atoms with van der Waals surface area (Å²) in [6.07, 6.45) is 9.43. The maximum atomic E-state index is 5.95. The maximum Gasteiger partial charge on any atom is 0.102 e. The first-order chi connectivity index (χ1) is 6.67. The Morgan fingerprint density at radius 2 is 2.07 bits per heavy atom. The van der Waals surface area contributed by atoms with Gasteiger partial charge in [0.25, 0.3) is 0 Å². The maximum absolute atomic E-state index is 5.95. The number of allylic oxidation sites excluding steroid dienone is 2. The van der Waals surface area contributed by atoms with Crippen LogP contribution >= 0.6 is 0 Å². The monoisotopic (exact) mass is 187 g/mol. The van der Waals surface area contributed by atoms with Crippen molar-refractivity contribution in [1.82, 2.24) is 10.3 Å². The molecular weight excluding hydrogens is 174 g/mol. The quantitative estimate of drug-likeness (QED) is 0.695. The van der Waals surface area contributed by atoms with Crippen LogP contribution in [-0.4, -0.2) is 10.6 Å². The molecule has 72 valence electrons. The molecule has 0 amide bonds. The van der Waals surface area contributed by atoms with Crippen LogP contribution in [0.15, 0.2) is 42.9 Å². The van der Waals surface area contributed by atoms with E-state index in [4.69, 9.17) is 5.73 Å². The van der Waals surface area contributed by atoms with Crippen LogP contribution < -0.4 is 11.1 Å². The minimum Gasteiger partial charge on any atom is -0.370 e. The van der Waals surface area contributed by atoms with Crippen molar-refractivity contribution in [2.24, 2.45) is 5.73 Å². The van der Waals surface area contributed by atoms with E-state index >= 15 is 0 Å². The van der Waals surface area contributed by atoms with Gasteiger partial charge in [-0.1, -0.05) is 0 Å². The summed E-state index contributed by atoms with van der Waals surface area (Å²) in [5.41, 5.74) is 7.74. The molecule has 3 N–H and O–H groups in total. The Kier molecular flexibility index (Phi) is 2.09. The Balaban J connectivity index is 2.36. The molecule has 14 heavy (non-hydrogen) atoms. The van der Waals surface area contributed by atoms with Crippen molar-refractivity contribution >= 4 is 5.57 Å². The lowest BCUT2D eigenvalue weighted by Crippen LogP contribution is -2.47. The first-order valence-corrected chi connectivity index (χ1v) is 4.54. The molecule has 1 unspecified atom stereocenters. The molecule has 0 spiro atoms. The highest BCUT2D eigenvalue weighted by Crippen LogP contribution is 2.20. The van der Waals surface area contributed by atoms with Crippen LogP contribution in [0.3, 0.4) is 0 Å². The summed E-state index contributed by atoms with van der Waals surface area (Å²) in [6.45, 7) is 1.93. The predicted molar refractivity (Wildman–Crippen MR) is 57.1 cm³/mol. The van der Waals surface area contributed by atoms with Crippen molar-refractivity contribution in [3.05, 3.63) is 48.4 Å². The van der Waals surface area contributed by atoms with E-state index in [0.717, 1.165) is 11.1 Å². The summed E-state index contributed by atoms with van der Waals surface area (Å²) >= 11 is 0. The van der Waals surface area contributed by atoms with E-state index in [1.165, 1.54) is 0 Å². The number of dihydropyridines is 1. The molecule has 0 fully saturated rings. The van der Waals surface area contributed by atoms with E-state index in [1.807, 2.05) is 37.4 Å². The Morgan fingerprint density at radius 1 is 1.36 bits per heavy atom. The van der Waals surface area contributed by atoms with Crippen LogP contribution in [0, 0.1) is 0 Å². The molecule has 2 heterocycles. The zero-order valence-corrected chi connectivity index (χ0v) is 8.07. The van der Waals surface area contributed by atoms with Crippen molar-refractivity contribution in [2.45, 2.75) is 12.6 Å². The van der Waals surface area contributed by atoms with Crippen LogP contribution in [0.2, 0.25) is 0 Å². The molecular formula is C11H13N3. The van der Waals surface area contributed by atoms with Crippen LogP contribution in [0.4, 0.5) is 0 Å². The van der Waals surface area contributed by atoms with Gasteiger partial charge in [-0.25, -0.2) is 0 Å². The summed E-state index contributed by atoms with van der Waals surface area (Å²) in [7, 11) is 0. The van der Waals surface area contributed by atoms with Gasteiger partial charge in [0.15, 0.2) is 0 Å². The van der Waals surface area contributed by atoms with Gasteiger partial charge >= 0.3 is 0 Å². The average molecular weight is 187 g/mol. The number of hydrogen-bond acceptors (Lipinski definition) is 3. The number of nitrogens with one attached hydrogen (secondary N) is 1. The van der Waals surface area contributed by atoms with E-state index in [0.29, 0.717) is 0 Å². The third-order valence-corrected chi connectivity index (χ3v) is 2.13. The number of aromatic nitrogens is 1. The van der Waals surface area contributed by atoms with E-state index in [2.05, 4.69) is 10.3 Å². The fraction of sp³-hybridized carbons (Fsp3) is 0.182. The molecule has 0 aliphatic carbocycles. The van der Waals surface area contributed by atoms with Crippen molar-refractivity contribution in [3.8, 4) is 0 Å². The molecule has 3 nitrogen and oxygen atoms in total. The molecule has 1 aromatic rings. The number of nitrogens with zero attached hydrogens (tertiary/aromatic N) is 1. The minimum atomic E-state index is -0.465. The van der Waals surface area contributed by atoms with Gasteiger partial charge < -0.3 is 11.1 Å². The van der Waals surface area contributed by atoms with E-state index in [-0.39, 0.29) is 0 Å². The molecule has 0 radical (unpaired) electrons. The molecule has 3 heteroatoms. The van der Waals surface area contributed by atoms with Crippen molar-refractivity contribution in [1.29, 1.82) is 0 Å². The second kappa shape index (κ2) is 3.27. The lowest BCUT2D eigenvalue weighted by atomic mass is 10.00. The summed E-state index contributed by atoms with van der Waals surface area (Å²) in [5, 5.41) is 3.06. The van der Waals surface area contributed by atoms with Gasteiger partial charge in [0.2, 0.25) is 0 Å². The summed E-state index contributed by atoms with van der Waals surface area (Å²) in [6, 6.07) is 3.94. The molecule has 2 rings (SSSR count). The molecule has 0 aromatic carbocycles. The fourth-order valence-corrected chi connectivity index (χ4v) is 1.45. The van der Waals surface area contributed by atoms with Gasteiger partial charge in [-0.05, 0) is 48.5 Å². The zero-order chi connectivity index (χ0) is 10.0. The van der Waals surface area contributed by atoms with E-state index < -0.39 is 5.66 Å². The van der Waals surface area contributed by atoms with Crippen LogP contribution in [0.5, 0.6) is 0 Å². The third kappa shape index (κ3) is 1.83. The van der Waals surface area contributed by atoms with Gasteiger partial charge in [0.05, 0.1) is 0 Å². The average Bonchev–Trinajstić information content (AvgIpc) is 2.18. The lowest BCUT2D eigenvalue weighted by Gasteiger charge is -2.25. The van der Waals surface area contributed by atoms with E-state index in [1.54, 1.807) is 12.4 Å². The predicted octanol–water partition coefficient (Wildman–Crippen LogP) is 1.26. The van der Waals surface area contributed by atoms with Gasteiger partial charge in [-0.3, -0.25) is 4.98 Å². The van der Waals surface area contributed by atoms with Crippen LogP contribution in [0.1, 0.15) is 12.5 Å². The summed E-state index contributed by atoms with van der Waals surface area (Å²) in [4.78, 5) is 3.98. The summed E-state index contributed by atoms with van der Waals surface area (Å²) in [5.74, 6) is 0. The third-order valence-electron chi connectivity index (χ3n) is 2.13. The molecule has 0 saturated heterocycles. The van der Waals surface area contributed by atoms with Gasteiger partial charge in [-0.15, -0.1) is 0 Å². The number of nitrogens with two attached hydrogens (primary N) is 1. The SMILES string of the molecule is CC1(N)C=C(c2ccncc2)C=CN1. The lowest BCUT2D eigenvalue weighted by molar-refractivity contribution is 0.520. The Morgan fingerprint density at radius 3 is 2.71 bits per heavy atom. The first-order valence-electron chi connectivity index (χ1n) is 4.54. The smallest absolute Gasteiger partial charge is 0.102 e. The normalized spacial score (nSPS) is 25.4. The molecule has 1 aliphatic heterocycles. The second-order valence-corrected chi connectivity index (χ2v) is 3.60. The van der Waals surface area contributed by atoms with Crippen molar-refractivity contribution in [2.75, 3.05) is 0 Å². The summed E-state index contributed by atoms with van der Waals surface area (Å²) < 4.78 is 0. The Hall–Kier alpha value is -1.61. The van der Waals surface area contributed by atoms with Crippen LogP contribution in [0.25, 0.3) is 5.57 Å². The zero-order valence-electron chi connectivity index (χ0n) is 8.07. The fourth-order valence-electron chi connectivity index (χ4n) is 1.45. The standard InChI is InChI=1S/C11H13N3/c1-11(12)8-10(4-7-14-11)9-2-5-13-6-3-9/h2-8,14H,12H2,1H3. The molecule has 1 aliphatic rings. The minimum absolute atomic E-state index is 0.465. The topological polar surface area (TPSA) is 50.9 Å². The first kappa shape index (κ1) is 8.97. The van der Waals surface area contributed by atoms with Crippen LogP contribution in [-0.2, 0) is 0 Å². The van der Waals surface area contributed by atoms with Gasteiger partial charge in [-0.2, -0.15) is 0 Å². The molecule has 0 saturated carbocycles. The van der Waals surface area contributed by atoms with E-state index in [9.17, 15) is 0 Å². The van der Waals surface area contributed by atoms with Gasteiger partial charge in [0.1, 0.15) is 5.66 Å². The molecule has 1 atom stereocenters. The number of pyridine rings is 1. The highest BCUT2D eigenvalue weighted by Gasteiger charge is 2.16. The number of rotatable bonds is 1. The van der Waals surface area contributed by atoms with Gasteiger partial charge in [0, 0.05) is 12.4 Å². The Bertz CT molecular complexity index is 377. The van der Waals surface area contributed by atoms with Crippen molar-refractivity contribution in [3.63, 3.8) is 0 Å². The highest BCUT2D eigenvalue weighted by atomic mass is 15.1. The largest absolute Gasteiger partial charge is 0.370 e. The second-order valence-electron chi connectivity index (χ2n) is 3.60. The molecule has 0 bridgehead atoms. The van der Waals surface area contributed by atoms with Crippen molar-refractivity contribution < 1.29 is 0 Å². The Labute approximate surface area is 83.3 Å². The highest BCUT2D eigenvalue weighted by molar-refractivity contribution is 5.75.